The van der Waals surface area contributed by atoms with Crippen LogP contribution in [0.1, 0.15) is 24.4 Å². The Morgan fingerprint density at radius 3 is 2.95 bits per heavy atom. The Labute approximate surface area is 123 Å². The highest BCUT2D eigenvalue weighted by molar-refractivity contribution is 5.17. The number of ether oxygens (including phenoxy) is 1. The average molecular weight is 293 g/mol. The van der Waals surface area contributed by atoms with Crippen LogP contribution in [-0.2, 0) is 17.7 Å². The molecule has 114 valence electrons. The number of nitrogens with one attached hydrogen (secondary N) is 1. The zero-order chi connectivity index (χ0) is 15.1. The molecule has 0 amide bonds. The quantitative estimate of drug-likeness (QED) is 0.744. The van der Waals surface area contributed by atoms with Gasteiger partial charge in [-0.15, -0.1) is 5.10 Å². The zero-order valence-electron chi connectivity index (χ0n) is 12.3. The van der Waals surface area contributed by atoms with Crippen LogP contribution in [0.15, 0.2) is 24.3 Å². The van der Waals surface area contributed by atoms with E-state index in [1.807, 2.05) is 13.0 Å². The van der Waals surface area contributed by atoms with E-state index in [9.17, 15) is 4.39 Å². The van der Waals surface area contributed by atoms with Crippen LogP contribution >= 0.6 is 0 Å². The lowest BCUT2D eigenvalue weighted by Gasteiger charge is -2.13. The van der Waals surface area contributed by atoms with Crippen molar-refractivity contribution < 1.29 is 9.13 Å². The van der Waals surface area contributed by atoms with Gasteiger partial charge in [-0.2, -0.15) is 0 Å². The van der Waals surface area contributed by atoms with E-state index < -0.39 is 0 Å². The standard InChI is InChI=1S/C14H20FN5O/c1-11(16-8-10-21-2)14-17-18-19-20(14)9-7-12-5-3-4-6-13(12)15/h3-6,11,16H,7-10H2,1-2H3. The van der Waals surface area contributed by atoms with Crippen molar-refractivity contribution in [1.29, 1.82) is 0 Å². The molecule has 0 radical (unpaired) electrons. The van der Waals surface area contributed by atoms with E-state index in [0.717, 1.165) is 12.4 Å². The number of aromatic nitrogens is 4. The monoisotopic (exact) mass is 293 g/mol. The van der Waals surface area contributed by atoms with Crippen molar-refractivity contribution in [3.05, 3.63) is 41.5 Å². The summed E-state index contributed by atoms with van der Waals surface area (Å²) >= 11 is 0. The predicted molar refractivity (Wildman–Crippen MR) is 76.2 cm³/mol. The second kappa shape index (κ2) is 7.80. The molecule has 6 nitrogen and oxygen atoms in total. The van der Waals surface area contributed by atoms with Gasteiger partial charge in [-0.3, -0.25) is 0 Å². The van der Waals surface area contributed by atoms with Gasteiger partial charge in [-0.1, -0.05) is 18.2 Å². The van der Waals surface area contributed by atoms with E-state index in [0.29, 0.717) is 25.1 Å². The topological polar surface area (TPSA) is 64.9 Å². The van der Waals surface area contributed by atoms with Crippen molar-refractivity contribution in [3.8, 4) is 0 Å². The maximum atomic E-state index is 13.6. The third kappa shape index (κ3) is 4.30. The molecule has 0 aliphatic heterocycles. The van der Waals surface area contributed by atoms with Gasteiger partial charge in [0.25, 0.3) is 0 Å². The first-order valence-corrected chi connectivity index (χ1v) is 6.94. The first kappa shape index (κ1) is 15.5. The van der Waals surface area contributed by atoms with Gasteiger partial charge in [0, 0.05) is 20.2 Å². The lowest BCUT2D eigenvalue weighted by molar-refractivity contribution is 0.195. The maximum absolute atomic E-state index is 13.6. The lowest BCUT2D eigenvalue weighted by Crippen LogP contribution is -2.26. The third-order valence-corrected chi connectivity index (χ3v) is 3.25. The van der Waals surface area contributed by atoms with E-state index >= 15 is 0 Å². The molecule has 0 spiro atoms. The Morgan fingerprint density at radius 1 is 1.38 bits per heavy atom. The van der Waals surface area contributed by atoms with Crippen molar-refractivity contribution in [3.63, 3.8) is 0 Å². The molecule has 1 aromatic heterocycles. The third-order valence-electron chi connectivity index (χ3n) is 3.25. The minimum absolute atomic E-state index is 0.00997. The smallest absolute Gasteiger partial charge is 0.167 e. The number of rotatable bonds is 8. The van der Waals surface area contributed by atoms with Crippen LogP contribution in [0.3, 0.4) is 0 Å². The number of aryl methyl sites for hydroxylation is 2. The molecular weight excluding hydrogens is 273 g/mol. The first-order valence-electron chi connectivity index (χ1n) is 6.94. The minimum atomic E-state index is -0.196. The highest BCUT2D eigenvalue weighted by Gasteiger charge is 2.14. The van der Waals surface area contributed by atoms with Crippen LogP contribution in [0.5, 0.6) is 0 Å². The van der Waals surface area contributed by atoms with Crippen LogP contribution in [0, 0.1) is 5.82 Å². The SMILES string of the molecule is COCCNC(C)c1nnnn1CCc1ccccc1F. The minimum Gasteiger partial charge on any atom is -0.383 e. The van der Waals surface area contributed by atoms with Crippen LogP contribution < -0.4 is 5.32 Å². The largest absolute Gasteiger partial charge is 0.383 e. The highest BCUT2D eigenvalue weighted by atomic mass is 19.1. The molecule has 7 heteroatoms. The molecule has 0 aliphatic rings. The number of hydrogen-bond acceptors (Lipinski definition) is 5. The highest BCUT2D eigenvalue weighted by Crippen LogP contribution is 2.11. The van der Waals surface area contributed by atoms with Crippen molar-refractivity contribution in [2.24, 2.45) is 0 Å². The Kier molecular flexibility index (Phi) is 5.77. The number of methoxy groups -OCH3 is 1. The summed E-state index contributed by atoms with van der Waals surface area (Å²) < 4.78 is 20.3. The van der Waals surface area contributed by atoms with Crippen LogP contribution in [-0.4, -0.2) is 40.5 Å². The van der Waals surface area contributed by atoms with Gasteiger partial charge in [0.05, 0.1) is 12.6 Å². The molecule has 0 aliphatic carbocycles. The average Bonchev–Trinajstić information content (AvgIpc) is 2.95. The molecule has 21 heavy (non-hydrogen) atoms. The molecule has 1 atom stereocenters. The fourth-order valence-electron chi connectivity index (χ4n) is 2.08. The van der Waals surface area contributed by atoms with Crippen LogP contribution in [0.4, 0.5) is 4.39 Å². The summed E-state index contributed by atoms with van der Waals surface area (Å²) in [7, 11) is 1.66. The Morgan fingerprint density at radius 2 is 2.19 bits per heavy atom. The van der Waals surface area contributed by atoms with Crippen molar-refractivity contribution in [2.45, 2.75) is 25.9 Å². The number of halogens is 1. The molecule has 1 aromatic carbocycles. The van der Waals surface area contributed by atoms with Gasteiger partial charge < -0.3 is 10.1 Å². The van der Waals surface area contributed by atoms with Crippen LogP contribution in [0.25, 0.3) is 0 Å². The summed E-state index contributed by atoms with van der Waals surface area (Å²) in [6, 6.07) is 6.76. The molecule has 0 fully saturated rings. The number of nitrogens with zero attached hydrogens (tertiary/aromatic N) is 4. The molecule has 2 aromatic rings. The molecule has 0 saturated carbocycles. The van der Waals surface area contributed by atoms with Crippen molar-refractivity contribution >= 4 is 0 Å². The predicted octanol–water partition coefficient (Wildman–Crippen LogP) is 1.35. The Bertz CT molecular complexity index is 560. The summed E-state index contributed by atoms with van der Waals surface area (Å²) in [5.41, 5.74) is 0.666. The number of tetrazole rings is 1. The molecule has 1 N–H and O–H groups in total. The molecule has 1 heterocycles. The zero-order valence-corrected chi connectivity index (χ0v) is 12.3. The van der Waals surface area contributed by atoms with E-state index in [-0.39, 0.29) is 11.9 Å². The molecule has 0 bridgehead atoms. The first-order chi connectivity index (χ1) is 10.2. The second-order valence-electron chi connectivity index (χ2n) is 4.77. The van der Waals surface area contributed by atoms with Crippen molar-refractivity contribution in [1.82, 2.24) is 25.5 Å². The lowest BCUT2D eigenvalue weighted by atomic mass is 10.1. The van der Waals surface area contributed by atoms with E-state index in [1.54, 1.807) is 23.9 Å². The normalized spacial score (nSPS) is 12.5. The number of benzene rings is 1. The van der Waals surface area contributed by atoms with Crippen molar-refractivity contribution in [2.75, 3.05) is 20.3 Å². The molecule has 0 saturated heterocycles. The fourth-order valence-corrected chi connectivity index (χ4v) is 2.08. The van der Waals surface area contributed by atoms with Gasteiger partial charge in [-0.05, 0) is 35.4 Å². The summed E-state index contributed by atoms with van der Waals surface area (Å²) in [5.74, 6) is 0.542. The van der Waals surface area contributed by atoms with E-state index in [1.165, 1.54) is 6.07 Å². The fraction of sp³-hybridized carbons (Fsp3) is 0.500. The summed E-state index contributed by atoms with van der Waals surface area (Å²) in [4.78, 5) is 0. The van der Waals surface area contributed by atoms with Crippen LogP contribution in [0.2, 0.25) is 0 Å². The van der Waals surface area contributed by atoms with Gasteiger partial charge >= 0.3 is 0 Å². The van der Waals surface area contributed by atoms with Gasteiger partial charge in [0.15, 0.2) is 5.82 Å². The maximum Gasteiger partial charge on any atom is 0.167 e. The van der Waals surface area contributed by atoms with E-state index in [4.69, 9.17) is 4.74 Å². The molecular formula is C14H20FN5O. The van der Waals surface area contributed by atoms with E-state index in [2.05, 4.69) is 20.8 Å². The van der Waals surface area contributed by atoms with Gasteiger partial charge in [0.2, 0.25) is 0 Å². The summed E-state index contributed by atoms with van der Waals surface area (Å²) in [6.07, 6.45) is 0.551. The Hall–Kier alpha value is -1.86. The van der Waals surface area contributed by atoms with Gasteiger partial charge in [0.1, 0.15) is 5.82 Å². The van der Waals surface area contributed by atoms with Gasteiger partial charge in [-0.25, -0.2) is 9.07 Å². The second-order valence-corrected chi connectivity index (χ2v) is 4.77. The Balaban J connectivity index is 1.95. The molecule has 1 unspecified atom stereocenters. The summed E-state index contributed by atoms with van der Waals surface area (Å²) in [6.45, 7) is 3.87. The summed E-state index contributed by atoms with van der Waals surface area (Å²) in [5, 5.41) is 15.0. The number of hydrogen-bond donors (Lipinski definition) is 1. The molecule has 2 rings (SSSR count).